The van der Waals surface area contributed by atoms with E-state index in [2.05, 4.69) is 16.5 Å². The topological polar surface area (TPSA) is 127 Å². The molecule has 186 valence electrons. The minimum Gasteiger partial charge on any atom is -0.481 e. The SMILES string of the molecule is C=CC(=O)N(C)c1cccc(-c2cnc3c(c2)c(-c2ccnc(OC)c2)cn3C(C)OP(=O)(O)O)c1. The number of carbonyl (C=O) groups excluding carboxylic acids is 1. The molecule has 0 aliphatic rings. The van der Waals surface area contributed by atoms with Crippen molar-refractivity contribution >= 4 is 30.5 Å². The van der Waals surface area contributed by atoms with E-state index in [0.29, 0.717) is 17.2 Å². The van der Waals surface area contributed by atoms with E-state index in [0.717, 1.165) is 27.6 Å². The van der Waals surface area contributed by atoms with Crippen LogP contribution in [0.15, 0.2) is 73.7 Å². The van der Waals surface area contributed by atoms with Gasteiger partial charge in [-0.25, -0.2) is 14.5 Å². The van der Waals surface area contributed by atoms with Crippen LogP contribution in [0.5, 0.6) is 5.88 Å². The van der Waals surface area contributed by atoms with E-state index in [4.69, 9.17) is 9.26 Å². The van der Waals surface area contributed by atoms with Crippen LogP contribution in [0.25, 0.3) is 33.3 Å². The summed E-state index contributed by atoms with van der Waals surface area (Å²) < 4.78 is 23.2. The maximum atomic E-state index is 12.1. The number of phosphoric ester groups is 1. The Hall–Kier alpha value is -3.82. The van der Waals surface area contributed by atoms with Gasteiger partial charge in [0.1, 0.15) is 11.9 Å². The number of carbonyl (C=O) groups is 1. The second kappa shape index (κ2) is 10.0. The number of phosphoric acid groups is 1. The summed E-state index contributed by atoms with van der Waals surface area (Å²) in [5.74, 6) is 0.186. The van der Waals surface area contributed by atoms with Gasteiger partial charge in [-0.1, -0.05) is 18.7 Å². The average molecular weight is 508 g/mol. The second-order valence-corrected chi connectivity index (χ2v) is 9.17. The predicted octanol–water partition coefficient (Wildman–Crippen LogP) is 4.55. The number of fused-ring (bicyclic) bond motifs is 1. The van der Waals surface area contributed by atoms with Crippen molar-refractivity contribution in [2.75, 3.05) is 19.1 Å². The minimum absolute atomic E-state index is 0.231. The van der Waals surface area contributed by atoms with Crippen molar-refractivity contribution in [3.05, 3.63) is 73.7 Å². The Morgan fingerprint density at radius 1 is 1.17 bits per heavy atom. The molecule has 1 unspecified atom stereocenters. The number of aromatic nitrogens is 3. The van der Waals surface area contributed by atoms with Gasteiger partial charge in [0.05, 0.1) is 7.11 Å². The van der Waals surface area contributed by atoms with E-state index in [1.807, 2.05) is 30.3 Å². The van der Waals surface area contributed by atoms with Gasteiger partial charge in [-0.15, -0.1) is 0 Å². The zero-order chi connectivity index (χ0) is 26.0. The number of hydrogen-bond donors (Lipinski definition) is 2. The number of hydrogen-bond acceptors (Lipinski definition) is 6. The number of benzene rings is 1. The standard InChI is InChI=1S/C25H25N4O6P/c1-5-24(30)28(3)20-8-6-7-17(11-20)19-12-21-22(18-9-10-26-23(13-18)34-4)15-29(25(21)27-14-19)16(2)35-36(31,32)33/h5-16H,1H2,2-4H3,(H2,31,32,33). The van der Waals surface area contributed by atoms with Crippen LogP contribution in [-0.2, 0) is 13.9 Å². The summed E-state index contributed by atoms with van der Waals surface area (Å²) in [5, 5.41) is 0.725. The molecule has 0 radical (unpaired) electrons. The Kier molecular flexibility index (Phi) is 7.05. The van der Waals surface area contributed by atoms with E-state index >= 15 is 0 Å². The maximum absolute atomic E-state index is 12.1. The molecule has 1 atom stereocenters. The number of likely N-dealkylation sites (N-methyl/N-ethyl adjacent to an activating group) is 1. The average Bonchev–Trinajstić information content (AvgIpc) is 3.26. The third-order valence-corrected chi connectivity index (χ3v) is 6.26. The molecular formula is C25H25N4O6P. The molecule has 0 aliphatic carbocycles. The van der Waals surface area contributed by atoms with Gasteiger partial charge in [-0.3, -0.25) is 9.32 Å². The van der Waals surface area contributed by atoms with Gasteiger partial charge in [-0.2, -0.15) is 0 Å². The summed E-state index contributed by atoms with van der Waals surface area (Å²) in [6.07, 6.45) is 5.25. The summed E-state index contributed by atoms with van der Waals surface area (Å²) >= 11 is 0. The molecule has 0 bridgehead atoms. The number of amides is 1. The Morgan fingerprint density at radius 3 is 2.64 bits per heavy atom. The lowest BCUT2D eigenvalue weighted by Crippen LogP contribution is -2.23. The Bertz CT molecular complexity index is 1500. The number of methoxy groups -OCH3 is 1. The summed E-state index contributed by atoms with van der Waals surface area (Å²) in [4.78, 5) is 41.0. The smallest absolute Gasteiger partial charge is 0.471 e. The largest absolute Gasteiger partial charge is 0.481 e. The van der Waals surface area contributed by atoms with Crippen LogP contribution in [-0.4, -0.2) is 44.4 Å². The van der Waals surface area contributed by atoms with Crippen LogP contribution < -0.4 is 9.64 Å². The zero-order valence-electron chi connectivity index (χ0n) is 19.9. The highest BCUT2D eigenvalue weighted by atomic mass is 31.2. The zero-order valence-corrected chi connectivity index (χ0v) is 20.8. The van der Waals surface area contributed by atoms with Crippen LogP contribution in [0.4, 0.5) is 5.69 Å². The molecule has 0 aliphatic heterocycles. The van der Waals surface area contributed by atoms with Crippen molar-refractivity contribution in [3.8, 4) is 28.1 Å². The summed E-state index contributed by atoms with van der Waals surface area (Å²) in [6.45, 7) is 5.06. The molecule has 1 aromatic carbocycles. The predicted molar refractivity (Wildman–Crippen MR) is 136 cm³/mol. The minimum atomic E-state index is -4.74. The highest BCUT2D eigenvalue weighted by Gasteiger charge is 2.23. The van der Waals surface area contributed by atoms with Gasteiger partial charge in [0, 0.05) is 53.9 Å². The Balaban J connectivity index is 1.88. The fourth-order valence-electron chi connectivity index (χ4n) is 3.89. The summed E-state index contributed by atoms with van der Waals surface area (Å²) in [5.41, 5.74) is 4.30. The van der Waals surface area contributed by atoms with Gasteiger partial charge in [0.2, 0.25) is 11.8 Å². The molecular weight excluding hydrogens is 483 g/mol. The van der Waals surface area contributed by atoms with Crippen LogP contribution in [0.3, 0.4) is 0 Å². The van der Waals surface area contributed by atoms with Crippen LogP contribution in [0.2, 0.25) is 0 Å². The van der Waals surface area contributed by atoms with Crippen molar-refractivity contribution in [1.29, 1.82) is 0 Å². The molecule has 36 heavy (non-hydrogen) atoms. The van der Waals surface area contributed by atoms with E-state index < -0.39 is 14.1 Å². The molecule has 0 spiro atoms. The molecule has 0 fully saturated rings. The molecule has 2 N–H and O–H groups in total. The van der Waals surface area contributed by atoms with Crippen LogP contribution in [0.1, 0.15) is 13.2 Å². The van der Waals surface area contributed by atoms with Crippen molar-refractivity contribution in [2.24, 2.45) is 0 Å². The van der Waals surface area contributed by atoms with E-state index in [1.54, 1.807) is 42.3 Å². The van der Waals surface area contributed by atoms with Gasteiger partial charge in [0.25, 0.3) is 0 Å². The molecule has 1 amide bonds. The Morgan fingerprint density at radius 2 is 1.94 bits per heavy atom. The lowest BCUT2D eigenvalue weighted by Gasteiger charge is -2.17. The highest BCUT2D eigenvalue weighted by Crippen LogP contribution is 2.43. The second-order valence-electron chi connectivity index (χ2n) is 7.98. The van der Waals surface area contributed by atoms with Crippen molar-refractivity contribution in [2.45, 2.75) is 13.2 Å². The molecule has 11 heteroatoms. The van der Waals surface area contributed by atoms with Gasteiger partial charge < -0.3 is 24.0 Å². The van der Waals surface area contributed by atoms with Gasteiger partial charge in [-0.05, 0) is 48.4 Å². The maximum Gasteiger partial charge on any atom is 0.471 e. The summed E-state index contributed by atoms with van der Waals surface area (Å²) in [6, 6.07) is 12.9. The number of rotatable bonds is 8. The molecule has 3 heterocycles. The molecule has 0 saturated carbocycles. The highest BCUT2D eigenvalue weighted by molar-refractivity contribution is 7.46. The van der Waals surface area contributed by atoms with E-state index in [9.17, 15) is 19.1 Å². The number of anilines is 1. The third kappa shape index (κ3) is 5.22. The lowest BCUT2D eigenvalue weighted by atomic mass is 10.0. The fraction of sp³-hybridized carbons (Fsp3) is 0.160. The first-order chi connectivity index (χ1) is 17.1. The van der Waals surface area contributed by atoms with Crippen molar-refractivity contribution in [1.82, 2.24) is 14.5 Å². The van der Waals surface area contributed by atoms with Crippen LogP contribution >= 0.6 is 7.82 Å². The molecule has 3 aromatic heterocycles. The normalized spacial score (nSPS) is 12.4. The lowest BCUT2D eigenvalue weighted by molar-refractivity contribution is -0.113. The molecule has 4 aromatic rings. The third-order valence-electron chi connectivity index (χ3n) is 5.68. The van der Waals surface area contributed by atoms with Crippen molar-refractivity contribution in [3.63, 3.8) is 0 Å². The molecule has 0 saturated heterocycles. The van der Waals surface area contributed by atoms with Crippen molar-refractivity contribution < 1.29 is 28.4 Å². The number of nitrogens with zero attached hydrogens (tertiary/aromatic N) is 4. The fourth-order valence-corrected chi connectivity index (χ4v) is 4.39. The first-order valence-electron chi connectivity index (χ1n) is 10.9. The Labute approximate surface area is 207 Å². The van der Waals surface area contributed by atoms with E-state index in [-0.39, 0.29) is 5.91 Å². The molecule has 10 nitrogen and oxygen atoms in total. The number of pyridine rings is 2. The first-order valence-corrected chi connectivity index (χ1v) is 12.4. The van der Waals surface area contributed by atoms with E-state index in [1.165, 1.54) is 25.0 Å². The van der Waals surface area contributed by atoms with Gasteiger partial charge in [0.15, 0.2) is 0 Å². The number of ether oxygens (including phenoxy) is 1. The summed E-state index contributed by atoms with van der Waals surface area (Å²) in [7, 11) is -1.55. The monoisotopic (exact) mass is 508 g/mol. The first kappa shape index (κ1) is 25.3. The molecule has 4 rings (SSSR count). The van der Waals surface area contributed by atoms with Gasteiger partial charge >= 0.3 is 7.82 Å². The van der Waals surface area contributed by atoms with Crippen LogP contribution in [0, 0.1) is 0 Å². The quantitative estimate of drug-likeness (QED) is 0.262.